The molecular weight excluding hydrogens is 140 g/mol. The Labute approximate surface area is 66.2 Å². The van der Waals surface area contributed by atoms with E-state index in [2.05, 4.69) is 10.3 Å². The van der Waals surface area contributed by atoms with E-state index in [1.54, 1.807) is 13.3 Å². The molecule has 0 bridgehead atoms. The predicted molar refractivity (Wildman–Crippen MR) is 44.5 cm³/mol. The SMILES string of the molecule is CCC1=C(C=NC)NC(=O)C1. The van der Waals surface area contributed by atoms with Crippen LogP contribution < -0.4 is 5.32 Å². The van der Waals surface area contributed by atoms with Crippen molar-refractivity contribution in [3.63, 3.8) is 0 Å². The van der Waals surface area contributed by atoms with Gasteiger partial charge in [0.05, 0.1) is 12.1 Å². The maximum atomic E-state index is 10.9. The number of hydrogen-bond acceptors (Lipinski definition) is 2. The van der Waals surface area contributed by atoms with Crippen molar-refractivity contribution < 1.29 is 4.79 Å². The minimum absolute atomic E-state index is 0.0803. The normalized spacial score (nSPS) is 18.2. The van der Waals surface area contributed by atoms with Gasteiger partial charge in [0.2, 0.25) is 5.91 Å². The lowest BCUT2D eigenvalue weighted by Crippen LogP contribution is -2.15. The molecule has 0 spiro atoms. The molecule has 1 N–H and O–H groups in total. The average molecular weight is 152 g/mol. The Balaban J connectivity index is 2.79. The molecule has 1 rings (SSSR count). The molecule has 0 unspecified atom stereocenters. The molecule has 0 fully saturated rings. The standard InChI is InChI=1S/C8H12N2O/c1-3-6-4-8(11)10-7(6)5-9-2/h5H,3-4H2,1-2H3,(H,10,11). The first-order chi connectivity index (χ1) is 5.27. The van der Waals surface area contributed by atoms with Crippen molar-refractivity contribution in [2.75, 3.05) is 7.05 Å². The fourth-order valence-electron chi connectivity index (χ4n) is 1.14. The highest BCUT2D eigenvalue weighted by atomic mass is 16.1. The van der Waals surface area contributed by atoms with Crippen LogP contribution in [-0.4, -0.2) is 19.2 Å². The first-order valence-corrected chi connectivity index (χ1v) is 3.72. The minimum atomic E-state index is 0.0803. The topological polar surface area (TPSA) is 41.5 Å². The van der Waals surface area contributed by atoms with Gasteiger partial charge in [0.15, 0.2) is 0 Å². The summed E-state index contributed by atoms with van der Waals surface area (Å²) in [6.07, 6.45) is 3.15. The van der Waals surface area contributed by atoms with Gasteiger partial charge in [0.25, 0.3) is 0 Å². The molecule has 1 aliphatic rings. The van der Waals surface area contributed by atoms with Crippen molar-refractivity contribution in [1.29, 1.82) is 0 Å². The summed E-state index contributed by atoms with van der Waals surface area (Å²) < 4.78 is 0. The number of nitrogens with one attached hydrogen (secondary N) is 1. The predicted octanol–water partition coefficient (Wildman–Crippen LogP) is 0.871. The Kier molecular flexibility index (Phi) is 2.41. The third-order valence-electron chi connectivity index (χ3n) is 1.71. The van der Waals surface area contributed by atoms with Crippen LogP contribution >= 0.6 is 0 Å². The molecule has 0 aromatic heterocycles. The van der Waals surface area contributed by atoms with Crippen LogP contribution in [0, 0.1) is 0 Å². The summed E-state index contributed by atoms with van der Waals surface area (Å²) in [4.78, 5) is 14.7. The molecule has 0 radical (unpaired) electrons. The Bertz CT molecular complexity index is 228. The molecule has 0 aliphatic carbocycles. The van der Waals surface area contributed by atoms with Crippen molar-refractivity contribution in [3.8, 4) is 0 Å². The van der Waals surface area contributed by atoms with Gasteiger partial charge in [0, 0.05) is 13.3 Å². The second-order valence-electron chi connectivity index (χ2n) is 2.48. The van der Waals surface area contributed by atoms with E-state index >= 15 is 0 Å². The van der Waals surface area contributed by atoms with Crippen LogP contribution in [0.4, 0.5) is 0 Å². The maximum absolute atomic E-state index is 10.9. The third kappa shape index (κ3) is 1.67. The van der Waals surface area contributed by atoms with Gasteiger partial charge in [-0.1, -0.05) is 6.92 Å². The zero-order chi connectivity index (χ0) is 8.27. The smallest absolute Gasteiger partial charge is 0.228 e. The van der Waals surface area contributed by atoms with Gasteiger partial charge in [0.1, 0.15) is 0 Å². The molecule has 3 nitrogen and oxygen atoms in total. The van der Waals surface area contributed by atoms with Gasteiger partial charge in [-0.2, -0.15) is 0 Å². The Hall–Kier alpha value is -1.12. The highest BCUT2D eigenvalue weighted by Crippen LogP contribution is 2.15. The number of carbonyl (C=O) groups is 1. The summed E-state index contributed by atoms with van der Waals surface area (Å²) in [5.41, 5.74) is 2.04. The fourth-order valence-corrected chi connectivity index (χ4v) is 1.14. The summed E-state index contributed by atoms with van der Waals surface area (Å²) in [7, 11) is 1.70. The number of hydrogen-bond donors (Lipinski definition) is 1. The quantitative estimate of drug-likeness (QED) is 0.586. The molecule has 0 saturated heterocycles. The molecule has 0 saturated carbocycles. The molecule has 1 amide bonds. The van der Waals surface area contributed by atoms with Crippen LogP contribution in [0.1, 0.15) is 19.8 Å². The van der Waals surface area contributed by atoms with E-state index in [4.69, 9.17) is 0 Å². The van der Waals surface area contributed by atoms with Gasteiger partial charge in [-0.25, -0.2) is 0 Å². The van der Waals surface area contributed by atoms with E-state index in [0.717, 1.165) is 17.7 Å². The fraction of sp³-hybridized carbons (Fsp3) is 0.500. The van der Waals surface area contributed by atoms with E-state index in [9.17, 15) is 4.79 Å². The summed E-state index contributed by atoms with van der Waals surface area (Å²) >= 11 is 0. The number of rotatable bonds is 2. The van der Waals surface area contributed by atoms with Crippen LogP contribution in [0.2, 0.25) is 0 Å². The summed E-state index contributed by atoms with van der Waals surface area (Å²) in [6.45, 7) is 2.04. The van der Waals surface area contributed by atoms with Crippen LogP contribution in [-0.2, 0) is 4.79 Å². The summed E-state index contributed by atoms with van der Waals surface area (Å²) in [5.74, 6) is 0.0803. The zero-order valence-electron chi connectivity index (χ0n) is 6.85. The average Bonchev–Trinajstić information content (AvgIpc) is 2.32. The van der Waals surface area contributed by atoms with Crippen molar-refractivity contribution in [1.82, 2.24) is 5.32 Å². The Morgan fingerprint density at radius 3 is 3.00 bits per heavy atom. The van der Waals surface area contributed by atoms with E-state index in [0.29, 0.717) is 6.42 Å². The Morgan fingerprint density at radius 1 is 1.73 bits per heavy atom. The van der Waals surface area contributed by atoms with E-state index in [1.807, 2.05) is 6.92 Å². The largest absolute Gasteiger partial charge is 0.324 e. The maximum Gasteiger partial charge on any atom is 0.228 e. The lowest BCUT2D eigenvalue weighted by atomic mass is 10.1. The van der Waals surface area contributed by atoms with Gasteiger partial charge in [-0.15, -0.1) is 0 Å². The lowest BCUT2D eigenvalue weighted by molar-refractivity contribution is -0.118. The highest BCUT2D eigenvalue weighted by Gasteiger charge is 2.17. The molecule has 1 heterocycles. The minimum Gasteiger partial charge on any atom is -0.324 e. The van der Waals surface area contributed by atoms with Crippen LogP contribution in [0.25, 0.3) is 0 Å². The number of allylic oxidation sites excluding steroid dienone is 1. The van der Waals surface area contributed by atoms with Gasteiger partial charge in [-0.05, 0) is 12.0 Å². The summed E-state index contributed by atoms with van der Waals surface area (Å²) in [6, 6.07) is 0. The van der Waals surface area contributed by atoms with Crippen LogP contribution in [0.15, 0.2) is 16.3 Å². The molecule has 0 aromatic carbocycles. The van der Waals surface area contributed by atoms with Crippen molar-refractivity contribution in [3.05, 3.63) is 11.3 Å². The van der Waals surface area contributed by atoms with E-state index in [1.165, 1.54) is 0 Å². The zero-order valence-corrected chi connectivity index (χ0v) is 6.85. The second-order valence-corrected chi connectivity index (χ2v) is 2.48. The van der Waals surface area contributed by atoms with Crippen molar-refractivity contribution in [2.45, 2.75) is 19.8 Å². The van der Waals surface area contributed by atoms with Crippen LogP contribution in [0.3, 0.4) is 0 Å². The Morgan fingerprint density at radius 2 is 2.45 bits per heavy atom. The number of carbonyl (C=O) groups excluding carboxylic acids is 1. The molecule has 11 heavy (non-hydrogen) atoms. The monoisotopic (exact) mass is 152 g/mol. The third-order valence-corrected chi connectivity index (χ3v) is 1.71. The number of amides is 1. The van der Waals surface area contributed by atoms with Crippen molar-refractivity contribution in [2.24, 2.45) is 4.99 Å². The molecular formula is C8H12N2O. The molecule has 60 valence electrons. The molecule has 0 aromatic rings. The van der Waals surface area contributed by atoms with Gasteiger partial charge >= 0.3 is 0 Å². The highest BCUT2D eigenvalue weighted by molar-refractivity contribution is 5.94. The van der Waals surface area contributed by atoms with Crippen molar-refractivity contribution >= 4 is 12.1 Å². The lowest BCUT2D eigenvalue weighted by Gasteiger charge is -1.95. The molecule has 0 atom stereocenters. The molecule has 1 aliphatic heterocycles. The first kappa shape index (κ1) is 7.98. The number of nitrogens with zero attached hydrogens (tertiary/aromatic N) is 1. The van der Waals surface area contributed by atoms with E-state index < -0.39 is 0 Å². The second kappa shape index (κ2) is 3.32. The van der Waals surface area contributed by atoms with Gasteiger partial charge < -0.3 is 5.32 Å². The van der Waals surface area contributed by atoms with Gasteiger partial charge in [-0.3, -0.25) is 9.79 Å². The molecule has 3 heteroatoms. The van der Waals surface area contributed by atoms with E-state index in [-0.39, 0.29) is 5.91 Å². The first-order valence-electron chi connectivity index (χ1n) is 3.72. The summed E-state index contributed by atoms with van der Waals surface area (Å²) in [5, 5.41) is 2.75. The van der Waals surface area contributed by atoms with Crippen LogP contribution in [0.5, 0.6) is 0 Å². The number of aliphatic imine (C=N–C) groups is 1.